The summed E-state index contributed by atoms with van der Waals surface area (Å²) in [6.07, 6.45) is 3.53. The molecule has 1 aliphatic carbocycles. The Balaban J connectivity index is 1.61. The maximum Gasteiger partial charge on any atom is 0.286 e. The molecule has 0 atom stereocenters. The smallest absolute Gasteiger partial charge is 0.286 e. The number of benzene rings is 1. The van der Waals surface area contributed by atoms with Crippen molar-refractivity contribution >= 4 is 5.91 Å². The van der Waals surface area contributed by atoms with Crippen LogP contribution in [0.1, 0.15) is 40.8 Å². The number of nitrogens with one attached hydrogen (secondary N) is 1. The first-order valence-electron chi connectivity index (χ1n) is 7.38. The van der Waals surface area contributed by atoms with E-state index in [1.807, 2.05) is 13.0 Å². The summed E-state index contributed by atoms with van der Waals surface area (Å²) in [5.41, 5.74) is 2.81. The SMILES string of the molecule is CCNC(=O)c1ccc(COc2ccc3c(c2)CCC3)o1. The molecule has 110 valence electrons. The Morgan fingerprint density at radius 3 is 2.95 bits per heavy atom. The van der Waals surface area contributed by atoms with E-state index in [0.29, 0.717) is 24.7 Å². The number of hydrogen-bond acceptors (Lipinski definition) is 3. The highest BCUT2D eigenvalue weighted by molar-refractivity contribution is 5.91. The molecule has 0 saturated carbocycles. The minimum Gasteiger partial charge on any atom is -0.486 e. The first-order chi connectivity index (χ1) is 10.3. The van der Waals surface area contributed by atoms with Crippen LogP contribution in [-0.2, 0) is 19.4 Å². The van der Waals surface area contributed by atoms with Gasteiger partial charge in [0.2, 0.25) is 0 Å². The highest BCUT2D eigenvalue weighted by Crippen LogP contribution is 2.26. The number of carbonyl (C=O) groups is 1. The number of rotatable bonds is 5. The third kappa shape index (κ3) is 3.10. The Labute approximate surface area is 124 Å². The highest BCUT2D eigenvalue weighted by atomic mass is 16.5. The molecule has 0 radical (unpaired) electrons. The summed E-state index contributed by atoms with van der Waals surface area (Å²) in [4.78, 5) is 11.6. The van der Waals surface area contributed by atoms with Gasteiger partial charge in [-0.3, -0.25) is 4.79 Å². The van der Waals surface area contributed by atoms with Crippen molar-refractivity contribution < 1.29 is 13.9 Å². The summed E-state index contributed by atoms with van der Waals surface area (Å²) < 4.78 is 11.2. The molecule has 21 heavy (non-hydrogen) atoms. The first-order valence-corrected chi connectivity index (χ1v) is 7.38. The number of ether oxygens (including phenoxy) is 1. The highest BCUT2D eigenvalue weighted by Gasteiger charge is 2.13. The molecule has 1 N–H and O–H groups in total. The third-order valence-corrected chi connectivity index (χ3v) is 3.67. The molecule has 0 saturated heterocycles. The summed E-state index contributed by atoms with van der Waals surface area (Å²) in [6, 6.07) is 9.69. The van der Waals surface area contributed by atoms with E-state index in [1.165, 1.54) is 24.0 Å². The van der Waals surface area contributed by atoms with E-state index in [0.717, 1.165) is 12.2 Å². The van der Waals surface area contributed by atoms with Gasteiger partial charge in [-0.15, -0.1) is 0 Å². The number of hydrogen-bond donors (Lipinski definition) is 1. The van der Waals surface area contributed by atoms with Crippen molar-refractivity contribution in [1.29, 1.82) is 0 Å². The molecule has 4 heteroatoms. The van der Waals surface area contributed by atoms with Gasteiger partial charge in [-0.05, 0) is 61.6 Å². The molecule has 0 fully saturated rings. The minimum atomic E-state index is -0.193. The first kappa shape index (κ1) is 13.7. The molecule has 1 aliphatic rings. The van der Waals surface area contributed by atoms with Crippen LogP contribution in [0.15, 0.2) is 34.7 Å². The molecule has 0 unspecified atom stereocenters. The zero-order chi connectivity index (χ0) is 14.7. The number of amides is 1. The summed E-state index contributed by atoms with van der Waals surface area (Å²) in [7, 11) is 0. The topological polar surface area (TPSA) is 51.5 Å². The molecule has 1 aromatic heterocycles. The molecule has 0 aliphatic heterocycles. The van der Waals surface area contributed by atoms with Gasteiger partial charge in [0.25, 0.3) is 5.91 Å². The van der Waals surface area contributed by atoms with E-state index >= 15 is 0 Å². The average molecular weight is 285 g/mol. The quantitative estimate of drug-likeness (QED) is 0.918. The van der Waals surface area contributed by atoms with Crippen LogP contribution in [0.25, 0.3) is 0 Å². The monoisotopic (exact) mass is 285 g/mol. The second-order valence-corrected chi connectivity index (χ2v) is 5.20. The Hall–Kier alpha value is -2.23. The maximum absolute atomic E-state index is 11.6. The van der Waals surface area contributed by atoms with E-state index in [4.69, 9.17) is 9.15 Å². The molecule has 0 spiro atoms. The second-order valence-electron chi connectivity index (χ2n) is 5.20. The Kier molecular flexibility index (Phi) is 3.95. The molecule has 1 heterocycles. The van der Waals surface area contributed by atoms with Crippen molar-refractivity contribution in [3.8, 4) is 5.75 Å². The van der Waals surface area contributed by atoms with Crippen LogP contribution in [-0.4, -0.2) is 12.5 Å². The third-order valence-electron chi connectivity index (χ3n) is 3.67. The van der Waals surface area contributed by atoms with Crippen molar-refractivity contribution in [2.24, 2.45) is 0 Å². The van der Waals surface area contributed by atoms with Gasteiger partial charge in [0, 0.05) is 6.54 Å². The zero-order valence-electron chi connectivity index (χ0n) is 12.1. The van der Waals surface area contributed by atoms with E-state index in [2.05, 4.69) is 17.4 Å². The van der Waals surface area contributed by atoms with Crippen LogP contribution in [0.3, 0.4) is 0 Å². The fraction of sp³-hybridized carbons (Fsp3) is 0.353. The Morgan fingerprint density at radius 2 is 2.10 bits per heavy atom. The van der Waals surface area contributed by atoms with E-state index < -0.39 is 0 Å². The van der Waals surface area contributed by atoms with Crippen molar-refractivity contribution in [3.05, 3.63) is 53.0 Å². The lowest BCUT2D eigenvalue weighted by molar-refractivity contribution is 0.0924. The molecular weight excluding hydrogens is 266 g/mol. The van der Waals surface area contributed by atoms with Gasteiger partial charge in [-0.2, -0.15) is 0 Å². The standard InChI is InChI=1S/C17H19NO3/c1-2-18-17(19)16-9-8-15(21-16)11-20-14-7-6-12-4-3-5-13(12)10-14/h6-10H,2-5,11H2,1H3,(H,18,19). The lowest BCUT2D eigenvalue weighted by Crippen LogP contribution is -2.21. The van der Waals surface area contributed by atoms with Crippen molar-refractivity contribution in [3.63, 3.8) is 0 Å². The number of fused-ring (bicyclic) bond motifs is 1. The Morgan fingerprint density at radius 1 is 1.24 bits per heavy atom. The normalized spacial score (nSPS) is 13.0. The van der Waals surface area contributed by atoms with Crippen LogP contribution in [0.5, 0.6) is 5.75 Å². The van der Waals surface area contributed by atoms with Gasteiger partial charge in [0.05, 0.1) is 0 Å². The maximum atomic E-state index is 11.6. The fourth-order valence-electron chi connectivity index (χ4n) is 2.62. The molecule has 2 aromatic rings. The van der Waals surface area contributed by atoms with Gasteiger partial charge in [-0.1, -0.05) is 6.07 Å². The lowest BCUT2D eigenvalue weighted by atomic mass is 10.1. The fourth-order valence-corrected chi connectivity index (χ4v) is 2.62. The van der Waals surface area contributed by atoms with Crippen LogP contribution >= 0.6 is 0 Å². The number of furan rings is 1. The van der Waals surface area contributed by atoms with Gasteiger partial charge >= 0.3 is 0 Å². The zero-order valence-corrected chi connectivity index (χ0v) is 12.1. The lowest BCUT2D eigenvalue weighted by Gasteiger charge is -2.06. The number of carbonyl (C=O) groups excluding carboxylic acids is 1. The minimum absolute atomic E-state index is 0.193. The molecule has 0 bridgehead atoms. The van der Waals surface area contributed by atoms with Crippen molar-refractivity contribution in [1.82, 2.24) is 5.32 Å². The summed E-state index contributed by atoms with van der Waals surface area (Å²) >= 11 is 0. The van der Waals surface area contributed by atoms with E-state index in [9.17, 15) is 4.79 Å². The average Bonchev–Trinajstić information content (AvgIpc) is 3.14. The van der Waals surface area contributed by atoms with Gasteiger partial charge in [-0.25, -0.2) is 0 Å². The molecule has 1 amide bonds. The van der Waals surface area contributed by atoms with Crippen molar-refractivity contribution in [2.75, 3.05) is 6.54 Å². The van der Waals surface area contributed by atoms with Crippen LogP contribution < -0.4 is 10.1 Å². The Bertz CT molecular complexity index is 645. The van der Waals surface area contributed by atoms with E-state index in [-0.39, 0.29) is 5.91 Å². The largest absolute Gasteiger partial charge is 0.486 e. The second kappa shape index (κ2) is 6.04. The van der Waals surface area contributed by atoms with Gasteiger partial charge in [0.1, 0.15) is 18.1 Å². The number of aryl methyl sites for hydroxylation is 2. The van der Waals surface area contributed by atoms with Crippen molar-refractivity contribution in [2.45, 2.75) is 32.8 Å². The predicted octanol–water partition coefficient (Wildman–Crippen LogP) is 3.10. The summed E-state index contributed by atoms with van der Waals surface area (Å²) in [5.74, 6) is 1.63. The van der Waals surface area contributed by atoms with Gasteiger partial charge < -0.3 is 14.5 Å². The van der Waals surface area contributed by atoms with Gasteiger partial charge in [0.15, 0.2) is 5.76 Å². The van der Waals surface area contributed by atoms with E-state index in [1.54, 1.807) is 12.1 Å². The molecule has 3 rings (SSSR count). The molecule has 4 nitrogen and oxygen atoms in total. The van der Waals surface area contributed by atoms with Crippen LogP contribution in [0.4, 0.5) is 0 Å². The van der Waals surface area contributed by atoms with Crippen LogP contribution in [0.2, 0.25) is 0 Å². The summed E-state index contributed by atoms with van der Waals surface area (Å²) in [6.45, 7) is 2.79. The molecular formula is C17H19NO3. The molecule has 1 aromatic carbocycles. The van der Waals surface area contributed by atoms with Crippen LogP contribution in [0, 0.1) is 0 Å². The predicted molar refractivity (Wildman–Crippen MR) is 79.5 cm³/mol. The summed E-state index contributed by atoms with van der Waals surface area (Å²) in [5, 5.41) is 2.70.